The van der Waals surface area contributed by atoms with E-state index in [1.807, 2.05) is 31.2 Å². The molecule has 2 aromatic rings. The Balaban J connectivity index is 2.12. The molecule has 0 aliphatic carbocycles. The van der Waals surface area contributed by atoms with Gasteiger partial charge in [0.1, 0.15) is 17.5 Å². The molecule has 0 N–H and O–H groups in total. The number of hydrogen-bond acceptors (Lipinski definition) is 4. The average molecular weight is 293 g/mol. The van der Waals surface area contributed by atoms with Crippen LogP contribution < -0.4 is 4.74 Å². The van der Waals surface area contributed by atoms with E-state index in [1.165, 1.54) is 5.56 Å². The summed E-state index contributed by atoms with van der Waals surface area (Å²) in [7, 11) is 0. The first kappa shape index (κ1) is 14.8. The van der Waals surface area contributed by atoms with Crippen LogP contribution >= 0.6 is 11.6 Å². The summed E-state index contributed by atoms with van der Waals surface area (Å²) in [6.45, 7) is 4.95. The zero-order valence-electron chi connectivity index (χ0n) is 11.6. The number of hydrogen-bond donors (Lipinski definition) is 0. The molecule has 1 aromatic heterocycles. The van der Waals surface area contributed by atoms with Crippen molar-refractivity contribution in [2.45, 2.75) is 26.9 Å². The molecule has 0 spiro atoms. The van der Waals surface area contributed by atoms with E-state index in [9.17, 15) is 0 Å². The van der Waals surface area contributed by atoms with Crippen molar-refractivity contribution < 1.29 is 9.47 Å². The van der Waals surface area contributed by atoms with Gasteiger partial charge < -0.3 is 9.47 Å². The number of halogens is 1. The molecule has 0 atom stereocenters. The van der Waals surface area contributed by atoms with Crippen molar-refractivity contribution in [1.82, 2.24) is 9.97 Å². The van der Waals surface area contributed by atoms with Gasteiger partial charge in [-0.1, -0.05) is 30.7 Å². The number of aryl methyl sites for hydroxylation is 1. The minimum atomic E-state index is 0.322. The summed E-state index contributed by atoms with van der Waals surface area (Å²) < 4.78 is 11.0. The second-order valence-electron chi connectivity index (χ2n) is 4.18. The van der Waals surface area contributed by atoms with E-state index in [-0.39, 0.29) is 0 Å². The number of nitrogens with zero attached hydrogens (tertiary/aromatic N) is 2. The second kappa shape index (κ2) is 7.22. The lowest BCUT2D eigenvalue weighted by Crippen LogP contribution is -2.01. The smallest absolute Gasteiger partial charge is 0.224 e. The van der Waals surface area contributed by atoms with E-state index in [0.29, 0.717) is 30.1 Å². The molecule has 0 aliphatic rings. The summed E-state index contributed by atoms with van der Waals surface area (Å²) in [5, 5.41) is 0.342. The van der Waals surface area contributed by atoms with Gasteiger partial charge in [0.25, 0.3) is 0 Å². The van der Waals surface area contributed by atoms with Gasteiger partial charge in [-0.15, -0.1) is 0 Å². The van der Waals surface area contributed by atoms with Crippen LogP contribution in [-0.4, -0.2) is 16.6 Å². The summed E-state index contributed by atoms with van der Waals surface area (Å²) >= 11 is 5.96. The van der Waals surface area contributed by atoms with Gasteiger partial charge in [0, 0.05) is 12.7 Å². The van der Waals surface area contributed by atoms with Crippen LogP contribution in [0.25, 0.3) is 0 Å². The van der Waals surface area contributed by atoms with E-state index in [2.05, 4.69) is 16.9 Å². The van der Waals surface area contributed by atoms with Crippen molar-refractivity contribution in [2.24, 2.45) is 0 Å². The molecule has 0 unspecified atom stereocenters. The molecule has 0 radical (unpaired) electrons. The minimum Gasteiger partial charge on any atom is -0.439 e. The summed E-state index contributed by atoms with van der Waals surface area (Å²) in [5.74, 6) is 1.66. The van der Waals surface area contributed by atoms with Gasteiger partial charge in [0.15, 0.2) is 5.82 Å². The topological polar surface area (TPSA) is 44.2 Å². The van der Waals surface area contributed by atoms with Gasteiger partial charge in [-0.05, 0) is 31.0 Å². The molecule has 106 valence electrons. The zero-order chi connectivity index (χ0) is 14.4. The molecular formula is C15H17ClN2O2. The van der Waals surface area contributed by atoms with Crippen LogP contribution in [0.15, 0.2) is 30.3 Å². The van der Waals surface area contributed by atoms with Gasteiger partial charge in [0.05, 0.1) is 0 Å². The third-order valence-corrected chi connectivity index (χ3v) is 2.90. The van der Waals surface area contributed by atoms with E-state index >= 15 is 0 Å². The van der Waals surface area contributed by atoms with E-state index in [1.54, 1.807) is 6.07 Å². The first-order valence-corrected chi connectivity index (χ1v) is 6.97. The van der Waals surface area contributed by atoms with Gasteiger partial charge in [0.2, 0.25) is 5.88 Å². The van der Waals surface area contributed by atoms with Crippen molar-refractivity contribution in [3.8, 4) is 11.6 Å². The number of rotatable bonds is 6. The maximum atomic E-state index is 5.96. The third kappa shape index (κ3) is 4.18. The molecule has 0 amide bonds. The van der Waals surface area contributed by atoms with Crippen molar-refractivity contribution in [3.05, 3.63) is 46.9 Å². The normalized spacial score (nSPS) is 10.6. The molecule has 1 heterocycles. The van der Waals surface area contributed by atoms with Crippen LogP contribution in [0.3, 0.4) is 0 Å². The van der Waals surface area contributed by atoms with Crippen LogP contribution in [-0.2, 0) is 17.8 Å². The van der Waals surface area contributed by atoms with Crippen LogP contribution in [0.1, 0.15) is 25.2 Å². The molecule has 1 aromatic carbocycles. The fourth-order valence-corrected chi connectivity index (χ4v) is 1.86. The Kier molecular flexibility index (Phi) is 5.32. The molecule has 5 heteroatoms. The van der Waals surface area contributed by atoms with Crippen molar-refractivity contribution in [2.75, 3.05) is 6.61 Å². The van der Waals surface area contributed by atoms with E-state index in [0.717, 1.165) is 12.2 Å². The van der Waals surface area contributed by atoms with E-state index in [4.69, 9.17) is 21.1 Å². The lowest BCUT2D eigenvalue weighted by atomic mass is 10.2. The Hall–Kier alpha value is -1.65. The maximum absolute atomic E-state index is 5.96. The Bertz CT molecular complexity index is 558. The maximum Gasteiger partial charge on any atom is 0.224 e. The molecule has 20 heavy (non-hydrogen) atoms. The highest BCUT2D eigenvalue weighted by molar-refractivity contribution is 6.29. The van der Waals surface area contributed by atoms with Crippen molar-refractivity contribution >= 4 is 11.6 Å². The summed E-state index contributed by atoms with van der Waals surface area (Å²) in [5.41, 5.74) is 1.26. The Morgan fingerprint density at radius 2 is 1.85 bits per heavy atom. The molecule has 0 aliphatic heterocycles. The molecule has 0 bridgehead atoms. The number of benzene rings is 1. The lowest BCUT2D eigenvalue weighted by molar-refractivity contribution is 0.128. The fourth-order valence-electron chi connectivity index (χ4n) is 1.67. The fraction of sp³-hybridized carbons (Fsp3) is 0.333. The van der Waals surface area contributed by atoms with Gasteiger partial charge in [-0.25, -0.2) is 4.98 Å². The van der Waals surface area contributed by atoms with Crippen LogP contribution in [0.2, 0.25) is 5.15 Å². The Morgan fingerprint density at radius 1 is 1.10 bits per heavy atom. The molecule has 4 nitrogen and oxygen atoms in total. The standard InChI is InChI=1S/C15H17ClN2O2/c1-3-11-5-7-12(8-6-11)20-15-9-13(16)17-14(18-15)10-19-4-2/h5-9H,3-4,10H2,1-2H3. The van der Waals surface area contributed by atoms with Gasteiger partial charge in [-0.3, -0.25) is 0 Å². The average Bonchev–Trinajstić information content (AvgIpc) is 2.45. The van der Waals surface area contributed by atoms with Crippen molar-refractivity contribution in [3.63, 3.8) is 0 Å². The van der Waals surface area contributed by atoms with Crippen LogP contribution in [0.4, 0.5) is 0 Å². The second-order valence-corrected chi connectivity index (χ2v) is 4.57. The molecule has 2 rings (SSSR count). The van der Waals surface area contributed by atoms with Gasteiger partial charge in [-0.2, -0.15) is 4.98 Å². The number of aromatic nitrogens is 2. The zero-order valence-corrected chi connectivity index (χ0v) is 12.4. The first-order chi connectivity index (χ1) is 9.71. The highest BCUT2D eigenvalue weighted by Crippen LogP contribution is 2.22. The molecule has 0 saturated heterocycles. The molecule has 0 saturated carbocycles. The highest BCUT2D eigenvalue weighted by atomic mass is 35.5. The quantitative estimate of drug-likeness (QED) is 0.754. The summed E-state index contributed by atoms with van der Waals surface area (Å²) in [4.78, 5) is 8.36. The summed E-state index contributed by atoms with van der Waals surface area (Å²) in [6, 6.07) is 9.47. The van der Waals surface area contributed by atoms with Gasteiger partial charge >= 0.3 is 0 Å². The molecule has 0 fully saturated rings. The highest BCUT2D eigenvalue weighted by Gasteiger charge is 2.06. The number of ether oxygens (including phenoxy) is 2. The monoisotopic (exact) mass is 292 g/mol. The van der Waals surface area contributed by atoms with Crippen LogP contribution in [0.5, 0.6) is 11.6 Å². The van der Waals surface area contributed by atoms with Crippen molar-refractivity contribution in [1.29, 1.82) is 0 Å². The van der Waals surface area contributed by atoms with E-state index < -0.39 is 0 Å². The molecular weight excluding hydrogens is 276 g/mol. The predicted molar refractivity (Wildman–Crippen MR) is 78.3 cm³/mol. The summed E-state index contributed by atoms with van der Waals surface area (Å²) in [6.07, 6.45) is 0.998. The predicted octanol–water partition coefficient (Wildman–Crippen LogP) is 4.02. The third-order valence-electron chi connectivity index (χ3n) is 2.71. The Morgan fingerprint density at radius 3 is 2.50 bits per heavy atom. The largest absolute Gasteiger partial charge is 0.439 e. The minimum absolute atomic E-state index is 0.322. The first-order valence-electron chi connectivity index (χ1n) is 6.59. The lowest BCUT2D eigenvalue weighted by Gasteiger charge is -2.07. The Labute approximate surface area is 123 Å². The SMILES string of the molecule is CCOCc1nc(Cl)cc(Oc2ccc(CC)cc2)n1. The van der Waals surface area contributed by atoms with Crippen LogP contribution in [0, 0.1) is 0 Å².